The van der Waals surface area contributed by atoms with E-state index in [-0.39, 0.29) is 10.8 Å². The van der Waals surface area contributed by atoms with Gasteiger partial charge in [0.05, 0.1) is 26.3 Å². The third-order valence-corrected chi connectivity index (χ3v) is 7.67. The van der Waals surface area contributed by atoms with Gasteiger partial charge in [-0.05, 0) is 67.6 Å². The second-order valence-corrected chi connectivity index (χ2v) is 13.3. The fourth-order valence-corrected chi connectivity index (χ4v) is 6.21. The number of aliphatic hydroxyl groups excluding tert-OH is 1. The van der Waals surface area contributed by atoms with Gasteiger partial charge in [-0.2, -0.15) is 0 Å². The molecule has 0 aliphatic carbocycles. The standard InChI is InChI=1S/C33H52NO3/c1-27-11-13-28(14-12-27)23-34(19-9-7-8-10-20-34)24-30(35)25-36-21-22-37-31-17-15-29(16-18-31)33(5,6)26-32(2,3)4/h11-18,30,35H,7-10,19-26H2,1-6H3/q+1/t30-/m1/s1. The van der Waals surface area contributed by atoms with Crippen molar-refractivity contribution in [3.05, 3.63) is 65.2 Å². The van der Waals surface area contributed by atoms with E-state index in [2.05, 4.69) is 90.1 Å². The molecule has 0 amide bonds. The van der Waals surface area contributed by atoms with Crippen LogP contribution in [-0.4, -0.2) is 55.1 Å². The molecule has 0 saturated carbocycles. The Morgan fingerprint density at radius 3 is 2.05 bits per heavy atom. The summed E-state index contributed by atoms with van der Waals surface area (Å²) in [5.74, 6) is 0.867. The van der Waals surface area contributed by atoms with Crippen LogP contribution < -0.4 is 4.74 Å². The average molecular weight is 511 g/mol. The van der Waals surface area contributed by atoms with Crippen molar-refractivity contribution in [2.24, 2.45) is 5.41 Å². The Morgan fingerprint density at radius 1 is 0.838 bits per heavy atom. The number of likely N-dealkylation sites (tertiary alicyclic amines) is 1. The van der Waals surface area contributed by atoms with Crippen molar-refractivity contribution in [1.29, 1.82) is 0 Å². The molecule has 37 heavy (non-hydrogen) atoms. The highest BCUT2D eigenvalue weighted by atomic mass is 16.5. The van der Waals surface area contributed by atoms with Gasteiger partial charge in [-0.3, -0.25) is 0 Å². The van der Waals surface area contributed by atoms with Gasteiger partial charge in [0.25, 0.3) is 0 Å². The lowest BCUT2D eigenvalue weighted by Gasteiger charge is -2.39. The van der Waals surface area contributed by atoms with Gasteiger partial charge in [0.15, 0.2) is 0 Å². The molecule has 1 heterocycles. The van der Waals surface area contributed by atoms with Crippen molar-refractivity contribution in [3.8, 4) is 5.75 Å². The van der Waals surface area contributed by atoms with Crippen LogP contribution in [-0.2, 0) is 16.7 Å². The average Bonchev–Trinajstić information content (AvgIpc) is 3.04. The number of aryl methyl sites for hydroxylation is 1. The first kappa shape index (κ1) is 29.7. The van der Waals surface area contributed by atoms with Gasteiger partial charge in [-0.1, -0.05) is 76.6 Å². The molecule has 4 nitrogen and oxygen atoms in total. The zero-order chi connectivity index (χ0) is 26.9. The van der Waals surface area contributed by atoms with Crippen molar-refractivity contribution in [3.63, 3.8) is 0 Å². The van der Waals surface area contributed by atoms with Gasteiger partial charge in [-0.25, -0.2) is 0 Å². The number of rotatable bonds is 12. The first-order chi connectivity index (χ1) is 17.5. The minimum Gasteiger partial charge on any atom is -0.491 e. The second kappa shape index (κ2) is 13.3. The third kappa shape index (κ3) is 10.1. The van der Waals surface area contributed by atoms with Crippen molar-refractivity contribution in [1.82, 2.24) is 0 Å². The monoisotopic (exact) mass is 510 g/mol. The Labute approximate surface area is 226 Å². The van der Waals surface area contributed by atoms with Crippen LogP contribution in [0.2, 0.25) is 0 Å². The summed E-state index contributed by atoms with van der Waals surface area (Å²) in [7, 11) is 0. The Hall–Kier alpha value is -1.88. The summed E-state index contributed by atoms with van der Waals surface area (Å²) in [5, 5.41) is 10.9. The molecule has 3 rings (SSSR count). The SMILES string of the molecule is Cc1ccc(C[N+]2(C[C@@H](O)COCCOc3ccc(C(C)(C)CC(C)(C)C)cc3)CCCCCC2)cc1. The quantitative estimate of drug-likeness (QED) is 0.245. The van der Waals surface area contributed by atoms with E-state index in [1.165, 1.54) is 42.4 Å². The number of aliphatic hydroxyl groups is 1. The molecule has 4 heteroatoms. The molecule has 1 saturated heterocycles. The Balaban J connectivity index is 1.44. The second-order valence-electron chi connectivity index (χ2n) is 13.3. The van der Waals surface area contributed by atoms with Crippen molar-refractivity contribution >= 4 is 0 Å². The van der Waals surface area contributed by atoms with E-state index < -0.39 is 6.10 Å². The molecule has 0 spiro atoms. The molecule has 0 radical (unpaired) electrons. The summed E-state index contributed by atoms with van der Waals surface area (Å²) in [4.78, 5) is 0. The lowest BCUT2D eigenvalue weighted by atomic mass is 9.72. The number of benzene rings is 2. The Bertz CT molecular complexity index is 920. The van der Waals surface area contributed by atoms with E-state index in [1.54, 1.807) is 0 Å². The number of quaternary nitrogens is 1. The molecule has 1 N–H and O–H groups in total. The number of ether oxygens (including phenoxy) is 2. The summed E-state index contributed by atoms with van der Waals surface area (Å²) in [6, 6.07) is 17.4. The minimum absolute atomic E-state index is 0.128. The van der Waals surface area contributed by atoms with Crippen LogP contribution in [0.5, 0.6) is 5.75 Å². The van der Waals surface area contributed by atoms with Crippen LogP contribution in [0.25, 0.3) is 0 Å². The van der Waals surface area contributed by atoms with Crippen LogP contribution in [0.4, 0.5) is 0 Å². The van der Waals surface area contributed by atoms with E-state index >= 15 is 0 Å². The predicted octanol–water partition coefficient (Wildman–Crippen LogP) is 7.06. The Kier molecular flexibility index (Phi) is 10.6. The summed E-state index contributed by atoms with van der Waals surface area (Å²) in [6.45, 7) is 19.0. The van der Waals surface area contributed by atoms with Gasteiger partial charge in [-0.15, -0.1) is 0 Å². The molecular weight excluding hydrogens is 458 g/mol. The van der Waals surface area contributed by atoms with Crippen LogP contribution in [0.15, 0.2) is 48.5 Å². The summed E-state index contributed by atoms with van der Waals surface area (Å²) in [6.07, 6.45) is 5.73. The normalized spacial score (nSPS) is 17.3. The lowest BCUT2D eigenvalue weighted by molar-refractivity contribution is -0.943. The van der Waals surface area contributed by atoms with E-state index in [0.29, 0.717) is 19.8 Å². The zero-order valence-corrected chi connectivity index (χ0v) is 24.4. The molecule has 0 aromatic heterocycles. The van der Waals surface area contributed by atoms with E-state index in [9.17, 15) is 5.11 Å². The lowest BCUT2D eigenvalue weighted by Crippen LogP contribution is -2.53. The highest BCUT2D eigenvalue weighted by Gasteiger charge is 2.32. The van der Waals surface area contributed by atoms with Crippen molar-refractivity contribution in [2.75, 3.05) is 39.5 Å². The molecule has 206 valence electrons. The molecule has 2 aromatic rings. The molecular formula is C33H52NO3+. The molecule has 1 fully saturated rings. The van der Waals surface area contributed by atoms with E-state index in [0.717, 1.165) is 42.8 Å². The van der Waals surface area contributed by atoms with Gasteiger partial charge < -0.3 is 19.1 Å². The van der Waals surface area contributed by atoms with Gasteiger partial charge >= 0.3 is 0 Å². The molecule has 2 aromatic carbocycles. The molecule has 1 aliphatic rings. The summed E-state index contributed by atoms with van der Waals surface area (Å²) >= 11 is 0. The van der Waals surface area contributed by atoms with Crippen LogP contribution in [0, 0.1) is 12.3 Å². The predicted molar refractivity (Wildman–Crippen MR) is 154 cm³/mol. The maximum Gasteiger partial charge on any atom is 0.126 e. The number of hydrogen-bond acceptors (Lipinski definition) is 3. The van der Waals surface area contributed by atoms with Gasteiger partial charge in [0.1, 0.15) is 31.5 Å². The summed E-state index contributed by atoms with van der Waals surface area (Å²) in [5.41, 5.74) is 4.41. The zero-order valence-electron chi connectivity index (χ0n) is 24.4. The number of nitrogens with zero attached hydrogens (tertiary/aromatic N) is 1. The van der Waals surface area contributed by atoms with Crippen LogP contribution in [0.3, 0.4) is 0 Å². The highest BCUT2D eigenvalue weighted by molar-refractivity contribution is 5.31. The fourth-order valence-electron chi connectivity index (χ4n) is 6.21. The van der Waals surface area contributed by atoms with Crippen molar-refractivity contribution < 1.29 is 19.1 Å². The smallest absolute Gasteiger partial charge is 0.126 e. The first-order valence-corrected chi connectivity index (χ1v) is 14.4. The molecule has 1 aliphatic heterocycles. The third-order valence-electron chi connectivity index (χ3n) is 7.67. The largest absolute Gasteiger partial charge is 0.491 e. The first-order valence-electron chi connectivity index (χ1n) is 14.4. The maximum absolute atomic E-state index is 10.9. The number of hydrogen-bond donors (Lipinski definition) is 1. The molecule has 1 atom stereocenters. The molecule has 0 bridgehead atoms. The van der Waals surface area contributed by atoms with Gasteiger partial charge in [0, 0.05) is 5.56 Å². The van der Waals surface area contributed by atoms with E-state index in [1.807, 2.05) is 0 Å². The van der Waals surface area contributed by atoms with Crippen LogP contribution in [0.1, 0.15) is 83.4 Å². The maximum atomic E-state index is 10.9. The summed E-state index contributed by atoms with van der Waals surface area (Å²) < 4.78 is 12.7. The minimum atomic E-state index is -0.465. The Morgan fingerprint density at radius 2 is 1.46 bits per heavy atom. The van der Waals surface area contributed by atoms with Crippen molar-refractivity contribution in [2.45, 2.75) is 91.7 Å². The molecule has 0 unspecified atom stereocenters. The van der Waals surface area contributed by atoms with Gasteiger partial charge in [0.2, 0.25) is 0 Å². The fraction of sp³-hybridized carbons (Fsp3) is 0.636. The highest BCUT2D eigenvalue weighted by Crippen LogP contribution is 2.36. The van der Waals surface area contributed by atoms with Crippen LogP contribution >= 0.6 is 0 Å². The topological polar surface area (TPSA) is 38.7 Å². The van der Waals surface area contributed by atoms with E-state index in [4.69, 9.17) is 9.47 Å².